The fourth-order valence-electron chi connectivity index (χ4n) is 2.32. The molecule has 5 heteroatoms. The highest BCUT2D eigenvalue weighted by molar-refractivity contribution is 8.00. The maximum Gasteiger partial charge on any atom is 0.203 e. The lowest BCUT2D eigenvalue weighted by Gasteiger charge is -2.17. The lowest BCUT2D eigenvalue weighted by Crippen LogP contribution is -2.25. The summed E-state index contributed by atoms with van der Waals surface area (Å²) in [4.78, 5) is 0. The van der Waals surface area contributed by atoms with Crippen molar-refractivity contribution in [1.29, 1.82) is 0 Å². The Labute approximate surface area is 125 Å². The predicted octanol–water partition coefficient (Wildman–Crippen LogP) is 2.70. The van der Waals surface area contributed by atoms with Gasteiger partial charge in [-0.3, -0.25) is 0 Å². The molecule has 0 unspecified atom stereocenters. The predicted molar refractivity (Wildman–Crippen MR) is 83.3 cm³/mol. The molecule has 2 rings (SSSR count). The molecular weight excluding hydrogens is 274 g/mol. The Morgan fingerprint density at radius 1 is 1.10 bits per heavy atom. The lowest BCUT2D eigenvalue weighted by atomic mass is 10.1. The molecular formula is C15H23NO3S. The van der Waals surface area contributed by atoms with Gasteiger partial charge in [-0.25, -0.2) is 0 Å². The van der Waals surface area contributed by atoms with Crippen LogP contribution in [0.3, 0.4) is 0 Å². The van der Waals surface area contributed by atoms with Crippen LogP contribution in [-0.2, 0) is 6.54 Å². The summed E-state index contributed by atoms with van der Waals surface area (Å²) in [5.74, 6) is 2.09. The lowest BCUT2D eigenvalue weighted by molar-refractivity contribution is 0.321. The molecule has 0 heterocycles. The van der Waals surface area contributed by atoms with Gasteiger partial charge in [0.05, 0.1) is 21.3 Å². The van der Waals surface area contributed by atoms with Gasteiger partial charge in [0.15, 0.2) is 11.5 Å². The van der Waals surface area contributed by atoms with Crippen molar-refractivity contribution in [2.24, 2.45) is 0 Å². The van der Waals surface area contributed by atoms with Gasteiger partial charge in [-0.05, 0) is 25.2 Å². The largest absolute Gasteiger partial charge is 0.493 e. The summed E-state index contributed by atoms with van der Waals surface area (Å²) < 4.78 is 16.6. The molecule has 0 bridgehead atoms. The van der Waals surface area contributed by atoms with Crippen LogP contribution in [0, 0.1) is 0 Å². The molecule has 1 aromatic rings. The zero-order valence-corrected chi connectivity index (χ0v) is 13.4. The molecule has 0 aliphatic heterocycles. The van der Waals surface area contributed by atoms with Crippen LogP contribution in [0.25, 0.3) is 0 Å². The van der Waals surface area contributed by atoms with Gasteiger partial charge in [0, 0.05) is 23.4 Å². The van der Waals surface area contributed by atoms with E-state index in [0.29, 0.717) is 16.2 Å². The number of methoxy groups -OCH3 is 3. The maximum absolute atomic E-state index is 5.48. The van der Waals surface area contributed by atoms with Crippen molar-refractivity contribution in [2.75, 3.05) is 34.1 Å². The first-order valence-electron chi connectivity index (χ1n) is 6.73. The van der Waals surface area contributed by atoms with Crippen LogP contribution < -0.4 is 19.5 Å². The molecule has 1 aromatic carbocycles. The van der Waals surface area contributed by atoms with Crippen LogP contribution >= 0.6 is 11.8 Å². The van der Waals surface area contributed by atoms with Gasteiger partial charge < -0.3 is 19.5 Å². The first-order valence-corrected chi connectivity index (χ1v) is 7.96. The van der Waals surface area contributed by atoms with E-state index in [0.717, 1.165) is 24.4 Å². The highest BCUT2D eigenvalue weighted by Crippen LogP contribution is 2.46. The first-order chi connectivity index (χ1) is 9.69. The van der Waals surface area contributed by atoms with Crippen molar-refractivity contribution in [3.63, 3.8) is 0 Å². The second-order valence-corrected chi connectivity index (χ2v) is 6.26. The fourth-order valence-corrected chi connectivity index (χ4v) is 3.08. The molecule has 0 atom stereocenters. The summed E-state index contributed by atoms with van der Waals surface area (Å²) >= 11 is 1.96. The molecule has 0 saturated heterocycles. The molecule has 0 radical (unpaired) electrons. The van der Waals surface area contributed by atoms with E-state index >= 15 is 0 Å². The highest BCUT2D eigenvalue weighted by atomic mass is 32.2. The Hall–Kier alpha value is -1.07. The third-order valence-corrected chi connectivity index (χ3v) is 5.21. The van der Waals surface area contributed by atoms with Gasteiger partial charge >= 0.3 is 0 Å². The minimum Gasteiger partial charge on any atom is -0.493 e. The van der Waals surface area contributed by atoms with E-state index in [-0.39, 0.29) is 0 Å². The fraction of sp³-hybridized carbons (Fsp3) is 0.600. The van der Waals surface area contributed by atoms with Crippen molar-refractivity contribution in [3.8, 4) is 17.2 Å². The molecule has 1 aliphatic rings. The summed E-state index contributed by atoms with van der Waals surface area (Å²) in [5, 5.41) is 3.52. The van der Waals surface area contributed by atoms with Crippen LogP contribution in [0.1, 0.15) is 18.4 Å². The molecule has 20 heavy (non-hydrogen) atoms. The molecule has 0 aromatic heterocycles. The summed E-state index contributed by atoms with van der Waals surface area (Å²) in [6.45, 7) is 1.80. The molecule has 1 saturated carbocycles. The van der Waals surface area contributed by atoms with E-state index < -0.39 is 0 Å². The second-order valence-electron chi connectivity index (χ2n) is 4.98. The standard InChI is InChI=1S/C15H23NO3S/c1-17-12-6-5-11(13(18-2)14(12)19-3)9-16-10-15(20-4)7-8-15/h5-6,16H,7-10H2,1-4H3. The maximum atomic E-state index is 5.48. The van der Waals surface area contributed by atoms with Crippen LogP contribution in [0.2, 0.25) is 0 Å². The normalized spacial score (nSPS) is 15.8. The molecule has 0 amide bonds. The van der Waals surface area contributed by atoms with E-state index in [2.05, 4.69) is 11.6 Å². The number of benzene rings is 1. The van der Waals surface area contributed by atoms with E-state index in [1.54, 1.807) is 21.3 Å². The monoisotopic (exact) mass is 297 g/mol. The summed E-state index contributed by atoms with van der Waals surface area (Å²) in [6.07, 6.45) is 4.81. The molecule has 0 spiro atoms. The molecule has 1 aliphatic carbocycles. The zero-order chi connectivity index (χ0) is 14.6. The Balaban J connectivity index is 2.07. The number of thioether (sulfide) groups is 1. The van der Waals surface area contributed by atoms with Gasteiger partial charge in [-0.15, -0.1) is 0 Å². The van der Waals surface area contributed by atoms with Crippen molar-refractivity contribution in [1.82, 2.24) is 5.32 Å². The Morgan fingerprint density at radius 3 is 2.30 bits per heavy atom. The summed E-state index contributed by atoms with van der Waals surface area (Å²) in [6, 6.07) is 3.94. The van der Waals surface area contributed by atoms with Gasteiger partial charge in [0.2, 0.25) is 5.75 Å². The van der Waals surface area contributed by atoms with Crippen molar-refractivity contribution in [2.45, 2.75) is 24.1 Å². The van der Waals surface area contributed by atoms with Crippen molar-refractivity contribution in [3.05, 3.63) is 17.7 Å². The molecule has 1 N–H and O–H groups in total. The van der Waals surface area contributed by atoms with Gasteiger partial charge in [0.1, 0.15) is 0 Å². The smallest absolute Gasteiger partial charge is 0.203 e. The highest BCUT2D eigenvalue weighted by Gasteiger charge is 2.41. The van der Waals surface area contributed by atoms with E-state index in [1.807, 2.05) is 23.9 Å². The third kappa shape index (κ3) is 3.15. The number of hydrogen-bond donors (Lipinski definition) is 1. The SMILES string of the molecule is COc1ccc(CNCC2(SC)CC2)c(OC)c1OC. The number of rotatable bonds is 8. The first kappa shape index (κ1) is 15.3. The Morgan fingerprint density at radius 2 is 1.80 bits per heavy atom. The number of ether oxygens (including phenoxy) is 3. The summed E-state index contributed by atoms with van der Waals surface area (Å²) in [5.41, 5.74) is 1.09. The minimum atomic E-state index is 0.462. The van der Waals surface area contributed by atoms with Crippen LogP contribution in [0.4, 0.5) is 0 Å². The van der Waals surface area contributed by atoms with Gasteiger partial charge in [-0.2, -0.15) is 11.8 Å². The molecule has 1 fully saturated rings. The average Bonchev–Trinajstić information content (AvgIpc) is 3.26. The quantitative estimate of drug-likeness (QED) is 0.799. The number of hydrogen-bond acceptors (Lipinski definition) is 5. The Kier molecular flexibility index (Phi) is 5.05. The topological polar surface area (TPSA) is 39.7 Å². The van der Waals surface area contributed by atoms with E-state index in [9.17, 15) is 0 Å². The zero-order valence-electron chi connectivity index (χ0n) is 12.6. The molecule has 112 valence electrons. The van der Waals surface area contributed by atoms with Gasteiger partial charge in [0.25, 0.3) is 0 Å². The summed E-state index contributed by atoms with van der Waals surface area (Å²) in [7, 11) is 4.92. The van der Waals surface area contributed by atoms with Crippen molar-refractivity contribution >= 4 is 11.8 Å². The minimum absolute atomic E-state index is 0.462. The van der Waals surface area contributed by atoms with E-state index in [4.69, 9.17) is 14.2 Å². The van der Waals surface area contributed by atoms with Crippen molar-refractivity contribution < 1.29 is 14.2 Å². The van der Waals surface area contributed by atoms with Crippen LogP contribution in [0.5, 0.6) is 17.2 Å². The third-order valence-electron chi connectivity index (χ3n) is 3.79. The van der Waals surface area contributed by atoms with Crippen LogP contribution in [-0.4, -0.2) is 38.9 Å². The average molecular weight is 297 g/mol. The van der Waals surface area contributed by atoms with E-state index in [1.165, 1.54) is 12.8 Å². The number of nitrogens with one attached hydrogen (secondary N) is 1. The second kappa shape index (κ2) is 6.59. The molecule has 4 nitrogen and oxygen atoms in total. The van der Waals surface area contributed by atoms with Gasteiger partial charge in [-0.1, -0.05) is 6.07 Å². The Bertz CT molecular complexity index is 461. The van der Waals surface area contributed by atoms with Crippen LogP contribution in [0.15, 0.2) is 12.1 Å².